The van der Waals surface area contributed by atoms with E-state index in [0.717, 1.165) is 17.4 Å². The van der Waals surface area contributed by atoms with Crippen LogP contribution in [0.2, 0.25) is 0 Å². The van der Waals surface area contributed by atoms with Gasteiger partial charge in [0.25, 0.3) is 0 Å². The highest BCUT2D eigenvalue weighted by Crippen LogP contribution is 2.21. The van der Waals surface area contributed by atoms with Gasteiger partial charge in [0, 0.05) is 16.5 Å². The Labute approximate surface area is 96.3 Å². The lowest BCUT2D eigenvalue weighted by atomic mass is 10.2. The number of rotatable bonds is 2. The second-order valence-electron chi connectivity index (χ2n) is 3.53. The lowest BCUT2D eigenvalue weighted by Crippen LogP contribution is -2.00. The van der Waals surface area contributed by atoms with E-state index in [0.29, 0.717) is 5.82 Å². The Hall–Kier alpha value is -1.88. The molecule has 0 atom stereocenters. The van der Waals surface area contributed by atoms with Crippen LogP contribution in [0.1, 0.15) is 4.88 Å². The summed E-state index contributed by atoms with van der Waals surface area (Å²) >= 11 is 1.62. The van der Waals surface area contributed by atoms with Crippen molar-refractivity contribution in [3.8, 4) is 0 Å². The molecule has 80 valence electrons. The fourth-order valence-electron chi connectivity index (χ4n) is 1.74. The Kier molecular flexibility index (Phi) is 2.11. The molecular formula is C11H10N4S. The van der Waals surface area contributed by atoms with Crippen LogP contribution in [-0.4, -0.2) is 14.8 Å². The molecule has 0 aliphatic heterocycles. The summed E-state index contributed by atoms with van der Waals surface area (Å²) in [7, 11) is 0. The molecule has 16 heavy (non-hydrogen) atoms. The standard InChI is InChI=1S/C11H10N4S/c12-11-9-3-1-2-4-10(9)15(14-11)6-8-5-13-7-16-8/h1-5,7H,6H2,(H2,12,14). The Balaban J connectivity index is 2.10. The normalized spacial score (nSPS) is 11.0. The molecule has 2 N–H and O–H groups in total. The summed E-state index contributed by atoms with van der Waals surface area (Å²) in [4.78, 5) is 5.23. The average Bonchev–Trinajstić information content (AvgIpc) is 2.90. The monoisotopic (exact) mass is 230 g/mol. The highest BCUT2D eigenvalue weighted by molar-refractivity contribution is 7.09. The number of fused-ring (bicyclic) bond motifs is 1. The van der Waals surface area contributed by atoms with Gasteiger partial charge in [-0.05, 0) is 12.1 Å². The predicted molar refractivity (Wildman–Crippen MR) is 65.4 cm³/mol. The fraction of sp³-hybridized carbons (Fsp3) is 0.0909. The van der Waals surface area contributed by atoms with Crippen molar-refractivity contribution in [1.29, 1.82) is 0 Å². The quantitative estimate of drug-likeness (QED) is 0.733. The van der Waals surface area contributed by atoms with Gasteiger partial charge in [0.05, 0.1) is 17.6 Å². The third kappa shape index (κ3) is 1.45. The number of nitrogens with zero attached hydrogens (tertiary/aromatic N) is 3. The molecule has 5 heteroatoms. The minimum Gasteiger partial charge on any atom is -0.382 e. The Morgan fingerprint density at radius 2 is 2.19 bits per heavy atom. The van der Waals surface area contributed by atoms with Gasteiger partial charge in [-0.1, -0.05) is 12.1 Å². The zero-order valence-corrected chi connectivity index (χ0v) is 9.31. The van der Waals surface area contributed by atoms with Gasteiger partial charge in [-0.15, -0.1) is 11.3 Å². The molecule has 0 aliphatic carbocycles. The first kappa shape index (κ1) is 9.35. The number of nitrogens with two attached hydrogens (primary N) is 1. The lowest BCUT2D eigenvalue weighted by molar-refractivity contribution is 0.723. The maximum Gasteiger partial charge on any atom is 0.153 e. The van der Waals surface area contributed by atoms with Crippen LogP contribution in [0.25, 0.3) is 10.9 Å². The van der Waals surface area contributed by atoms with Crippen LogP contribution in [0.4, 0.5) is 5.82 Å². The first-order valence-electron chi connectivity index (χ1n) is 4.93. The van der Waals surface area contributed by atoms with E-state index < -0.39 is 0 Å². The summed E-state index contributed by atoms with van der Waals surface area (Å²) in [6, 6.07) is 7.98. The number of aromatic nitrogens is 3. The molecule has 0 radical (unpaired) electrons. The van der Waals surface area contributed by atoms with Crippen molar-refractivity contribution < 1.29 is 0 Å². The van der Waals surface area contributed by atoms with E-state index in [1.165, 1.54) is 4.88 Å². The molecule has 3 aromatic rings. The van der Waals surface area contributed by atoms with Gasteiger partial charge in [0.15, 0.2) is 5.82 Å². The minimum absolute atomic E-state index is 0.583. The molecule has 0 aliphatic rings. The van der Waals surface area contributed by atoms with Gasteiger partial charge in [0.1, 0.15) is 0 Å². The molecular weight excluding hydrogens is 220 g/mol. The van der Waals surface area contributed by atoms with E-state index in [1.807, 2.05) is 40.7 Å². The first-order chi connectivity index (χ1) is 7.84. The molecule has 0 unspecified atom stereocenters. The SMILES string of the molecule is Nc1nn(Cc2cncs2)c2ccccc12. The van der Waals surface area contributed by atoms with Crippen molar-refractivity contribution in [3.05, 3.63) is 40.8 Å². The number of nitrogen functional groups attached to an aromatic ring is 1. The number of hydrogen-bond acceptors (Lipinski definition) is 4. The molecule has 0 bridgehead atoms. The smallest absolute Gasteiger partial charge is 0.153 e. The largest absolute Gasteiger partial charge is 0.382 e. The number of thiazole rings is 1. The predicted octanol–water partition coefficient (Wildman–Crippen LogP) is 2.12. The minimum atomic E-state index is 0.583. The zero-order chi connectivity index (χ0) is 11.0. The third-order valence-corrected chi connectivity index (χ3v) is 3.24. The molecule has 4 nitrogen and oxygen atoms in total. The molecule has 2 aromatic heterocycles. The number of hydrogen-bond donors (Lipinski definition) is 1. The van der Waals surface area contributed by atoms with Gasteiger partial charge >= 0.3 is 0 Å². The zero-order valence-electron chi connectivity index (χ0n) is 8.50. The Morgan fingerprint density at radius 3 is 3.00 bits per heavy atom. The molecule has 0 spiro atoms. The van der Waals surface area contributed by atoms with Crippen molar-refractivity contribution in [3.63, 3.8) is 0 Å². The van der Waals surface area contributed by atoms with Gasteiger partial charge < -0.3 is 5.73 Å². The Bertz CT molecular complexity index is 612. The van der Waals surface area contributed by atoms with Crippen molar-refractivity contribution in [2.24, 2.45) is 0 Å². The molecule has 2 heterocycles. The summed E-state index contributed by atoms with van der Waals surface area (Å²) in [5.41, 5.74) is 8.75. The maximum atomic E-state index is 5.86. The third-order valence-electron chi connectivity index (χ3n) is 2.48. The van der Waals surface area contributed by atoms with Crippen molar-refractivity contribution in [2.45, 2.75) is 6.54 Å². The van der Waals surface area contributed by atoms with Crippen LogP contribution in [0, 0.1) is 0 Å². The van der Waals surface area contributed by atoms with Crippen LogP contribution in [0.5, 0.6) is 0 Å². The molecule has 0 fully saturated rings. The summed E-state index contributed by atoms with van der Waals surface area (Å²) in [5.74, 6) is 0.583. The van der Waals surface area contributed by atoms with Crippen LogP contribution >= 0.6 is 11.3 Å². The first-order valence-corrected chi connectivity index (χ1v) is 5.81. The highest BCUT2D eigenvalue weighted by Gasteiger charge is 2.07. The number of anilines is 1. The van der Waals surface area contributed by atoms with Gasteiger partial charge in [-0.2, -0.15) is 5.10 Å². The summed E-state index contributed by atoms with van der Waals surface area (Å²) in [6.45, 7) is 0.725. The van der Waals surface area contributed by atoms with Crippen molar-refractivity contribution >= 4 is 28.1 Å². The van der Waals surface area contributed by atoms with Gasteiger partial charge in [-0.25, -0.2) is 0 Å². The topological polar surface area (TPSA) is 56.7 Å². The Morgan fingerprint density at radius 1 is 1.31 bits per heavy atom. The van der Waals surface area contributed by atoms with Crippen LogP contribution in [0.15, 0.2) is 36.0 Å². The maximum absolute atomic E-state index is 5.86. The van der Waals surface area contributed by atoms with E-state index >= 15 is 0 Å². The lowest BCUT2D eigenvalue weighted by Gasteiger charge is -1.99. The van der Waals surface area contributed by atoms with E-state index in [9.17, 15) is 0 Å². The molecule has 0 amide bonds. The van der Waals surface area contributed by atoms with Crippen molar-refractivity contribution in [2.75, 3.05) is 5.73 Å². The summed E-state index contributed by atoms with van der Waals surface area (Å²) in [5, 5.41) is 5.34. The van der Waals surface area contributed by atoms with E-state index in [4.69, 9.17) is 5.73 Å². The van der Waals surface area contributed by atoms with Gasteiger partial charge in [0.2, 0.25) is 0 Å². The summed E-state index contributed by atoms with van der Waals surface area (Å²) < 4.78 is 1.91. The van der Waals surface area contributed by atoms with Crippen LogP contribution in [0.3, 0.4) is 0 Å². The molecule has 3 rings (SSSR count). The van der Waals surface area contributed by atoms with Gasteiger partial charge in [-0.3, -0.25) is 9.67 Å². The fourth-order valence-corrected chi connectivity index (χ4v) is 2.32. The second-order valence-corrected chi connectivity index (χ2v) is 4.50. The molecule has 0 saturated carbocycles. The number of para-hydroxylation sites is 1. The molecule has 0 saturated heterocycles. The van der Waals surface area contributed by atoms with Crippen LogP contribution < -0.4 is 5.73 Å². The van der Waals surface area contributed by atoms with Crippen molar-refractivity contribution in [1.82, 2.24) is 14.8 Å². The second kappa shape index (κ2) is 3.61. The highest BCUT2D eigenvalue weighted by atomic mass is 32.1. The number of benzene rings is 1. The van der Waals surface area contributed by atoms with E-state index in [1.54, 1.807) is 11.3 Å². The van der Waals surface area contributed by atoms with Crippen LogP contribution in [-0.2, 0) is 6.54 Å². The average molecular weight is 230 g/mol. The molecule has 1 aromatic carbocycles. The summed E-state index contributed by atoms with van der Waals surface area (Å²) in [6.07, 6.45) is 1.86. The van der Waals surface area contributed by atoms with E-state index in [2.05, 4.69) is 10.1 Å². The van der Waals surface area contributed by atoms with E-state index in [-0.39, 0.29) is 0 Å².